The van der Waals surface area contributed by atoms with E-state index >= 15 is 0 Å². The van der Waals surface area contributed by atoms with Crippen LogP contribution in [0.15, 0.2) is 42.5 Å². The van der Waals surface area contributed by atoms with E-state index in [0.29, 0.717) is 46.7 Å². The fourth-order valence-electron chi connectivity index (χ4n) is 3.61. The summed E-state index contributed by atoms with van der Waals surface area (Å²) in [4.78, 5) is 45.4. The van der Waals surface area contributed by atoms with Gasteiger partial charge in [0.25, 0.3) is 0 Å². The first-order valence-electron chi connectivity index (χ1n) is 11.7. The third kappa shape index (κ3) is 7.31. The third-order valence-corrected chi connectivity index (χ3v) is 6.51. The molecule has 0 saturated carbocycles. The molecule has 2 aromatic carbocycles. The first kappa shape index (κ1) is 26.6. The van der Waals surface area contributed by atoms with Crippen molar-refractivity contribution in [3.63, 3.8) is 0 Å². The molecule has 0 aliphatic carbocycles. The number of anilines is 3. The van der Waals surface area contributed by atoms with E-state index in [4.69, 9.17) is 21.1 Å². The molecule has 2 heterocycles. The van der Waals surface area contributed by atoms with Crippen molar-refractivity contribution in [3.8, 4) is 0 Å². The minimum absolute atomic E-state index is 0.0369. The van der Waals surface area contributed by atoms with E-state index in [1.54, 1.807) is 67.0 Å². The number of hydrogen-bond acceptors (Lipinski definition) is 7. The minimum atomic E-state index is -0.631. The Kier molecular flexibility index (Phi) is 8.16. The van der Waals surface area contributed by atoms with Gasteiger partial charge in [-0.3, -0.25) is 15.0 Å². The number of halogens is 1. The summed E-state index contributed by atoms with van der Waals surface area (Å²) in [6, 6.07) is 11.8. The summed E-state index contributed by atoms with van der Waals surface area (Å²) in [6.07, 6.45) is -0.592. The Bertz CT molecular complexity index is 1290. The summed E-state index contributed by atoms with van der Waals surface area (Å²) in [5.41, 5.74) is 1.16. The van der Waals surface area contributed by atoms with Crippen LogP contribution in [0.2, 0.25) is 5.02 Å². The van der Waals surface area contributed by atoms with Gasteiger partial charge in [-0.25, -0.2) is 14.6 Å². The highest BCUT2D eigenvalue weighted by molar-refractivity contribution is 7.22. The monoisotopic (exact) mass is 545 g/mol. The highest BCUT2D eigenvalue weighted by Gasteiger charge is 2.23. The molecule has 0 atom stereocenters. The van der Waals surface area contributed by atoms with Gasteiger partial charge in [0, 0.05) is 36.0 Å². The summed E-state index contributed by atoms with van der Waals surface area (Å²) in [5.74, 6) is -0.114. The van der Waals surface area contributed by atoms with E-state index in [-0.39, 0.29) is 25.1 Å². The first-order chi connectivity index (χ1) is 17.6. The van der Waals surface area contributed by atoms with Gasteiger partial charge in [-0.1, -0.05) is 22.9 Å². The molecule has 37 heavy (non-hydrogen) atoms. The zero-order chi connectivity index (χ0) is 26.6. The Hall–Kier alpha value is -3.41. The number of benzene rings is 2. The summed E-state index contributed by atoms with van der Waals surface area (Å²) < 4.78 is 11.3. The molecule has 3 aromatic rings. The lowest BCUT2D eigenvalue weighted by molar-refractivity contribution is -0.142. The Morgan fingerprint density at radius 1 is 1.19 bits per heavy atom. The van der Waals surface area contributed by atoms with Crippen molar-refractivity contribution in [1.82, 2.24) is 9.88 Å². The number of urea groups is 1. The van der Waals surface area contributed by atoms with Crippen LogP contribution in [0.25, 0.3) is 10.2 Å². The van der Waals surface area contributed by atoms with E-state index in [9.17, 15) is 14.4 Å². The summed E-state index contributed by atoms with van der Waals surface area (Å²) >= 11 is 7.26. The van der Waals surface area contributed by atoms with E-state index in [1.807, 2.05) is 6.07 Å². The standard InChI is InChI=1S/C25H28ClN5O5S/c1-25(2,3)36-24(34)29-22-28-19-14-18(8-9-20(19)37-22)31(11-10-30-12-13-35-15-21(30)32)23(33)27-17-6-4-16(26)5-7-17/h4-9,14H,10-13,15H2,1-3H3,(H,27,33)(H,28,29,34). The number of amides is 4. The Morgan fingerprint density at radius 3 is 2.65 bits per heavy atom. The summed E-state index contributed by atoms with van der Waals surface area (Å²) in [6.45, 7) is 6.91. The third-order valence-electron chi connectivity index (χ3n) is 5.31. The SMILES string of the molecule is CC(C)(C)OC(=O)Nc1nc2cc(N(CCN3CCOCC3=O)C(=O)Nc3ccc(Cl)cc3)ccc2s1. The van der Waals surface area contributed by atoms with Crippen LogP contribution in [0, 0.1) is 0 Å². The zero-order valence-electron chi connectivity index (χ0n) is 20.7. The van der Waals surface area contributed by atoms with Crippen molar-refractivity contribution < 1.29 is 23.9 Å². The van der Waals surface area contributed by atoms with Crippen LogP contribution < -0.4 is 15.5 Å². The van der Waals surface area contributed by atoms with Crippen molar-refractivity contribution in [2.45, 2.75) is 26.4 Å². The molecule has 1 fully saturated rings. The summed E-state index contributed by atoms with van der Waals surface area (Å²) in [5, 5.41) is 6.48. The number of ether oxygens (including phenoxy) is 2. The quantitative estimate of drug-likeness (QED) is 0.440. The second kappa shape index (κ2) is 11.3. The average Bonchev–Trinajstić information content (AvgIpc) is 3.22. The molecule has 1 saturated heterocycles. The molecule has 196 valence electrons. The van der Waals surface area contributed by atoms with Crippen molar-refractivity contribution in [2.75, 3.05) is 48.4 Å². The largest absolute Gasteiger partial charge is 0.444 e. The number of rotatable bonds is 6. The van der Waals surface area contributed by atoms with Crippen LogP contribution in [0.5, 0.6) is 0 Å². The molecule has 2 N–H and O–H groups in total. The van der Waals surface area contributed by atoms with Gasteiger partial charge in [0.1, 0.15) is 12.2 Å². The smallest absolute Gasteiger partial charge is 0.413 e. The van der Waals surface area contributed by atoms with E-state index < -0.39 is 11.7 Å². The predicted molar refractivity (Wildman–Crippen MR) is 145 cm³/mol. The lowest BCUT2D eigenvalue weighted by Gasteiger charge is -2.30. The molecular formula is C25H28ClN5O5S. The summed E-state index contributed by atoms with van der Waals surface area (Å²) in [7, 11) is 0. The lowest BCUT2D eigenvalue weighted by atomic mass is 10.2. The van der Waals surface area contributed by atoms with E-state index in [2.05, 4.69) is 15.6 Å². The Labute approximate surface area is 223 Å². The molecule has 12 heteroatoms. The molecule has 0 radical (unpaired) electrons. The molecule has 1 aliphatic rings. The number of hydrogen-bond donors (Lipinski definition) is 2. The number of fused-ring (bicyclic) bond motifs is 1. The molecule has 4 rings (SSSR count). The highest BCUT2D eigenvalue weighted by atomic mass is 35.5. The zero-order valence-corrected chi connectivity index (χ0v) is 22.3. The van der Waals surface area contributed by atoms with Crippen LogP contribution in [-0.2, 0) is 14.3 Å². The molecule has 1 aliphatic heterocycles. The Balaban J connectivity index is 1.55. The molecule has 10 nitrogen and oxygen atoms in total. The van der Waals surface area contributed by atoms with Gasteiger partial charge in [-0.2, -0.15) is 0 Å². The van der Waals surface area contributed by atoms with Crippen LogP contribution in [-0.4, -0.2) is 66.4 Å². The average molecular weight is 546 g/mol. The van der Waals surface area contributed by atoms with Crippen LogP contribution in [0.3, 0.4) is 0 Å². The van der Waals surface area contributed by atoms with Crippen molar-refractivity contribution in [1.29, 1.82) is 0 Å². The Morgan fingerprint density at radius 2 is 1.95 bits per heavy atom. The number of nitrogens with one attached hydrogen (secondary N) is 2. The lowest BCUT2D eigenvalue weighted by Crippen LogP contribution is -2.47. The number of morpholine rings is 1. The molecule has 1 aromatic heterocycles. The van der Waals surface area contributed by atoms with Gasteiger partial charge in [0.05, 0.1) is 16.8 Å². The van der Waals surface area contributed by atoms with Gasteiger partial charge in [0.2, 0.25) is 5.91 Å². The van der Waals surface area contributed by atoms with Gasteiger partial charge in [0.15, 0.2) is 5.13 Å². The molecule has 0 bridgehead atoms. The minimum Gasteiger partial charge on any atom is -0.444 e. The number of aromatic nitrogens is 1. The fourth-order valence-corrected chi connectivity index (χ4v) is 4.57. The van der Waals surface area contributed by atoms with Gasteiger partial charge in [-0.05, 0) is 63.2 Å². The number of thiazole rings is 1. The maximum absolute atomic E-state index is 13.3. The predicted octanol–water partition coefficient (Wildman–Crippen LogP) is 5.19. The normalized spacial score (nSPS) is 13.9. The van der Waals surface area contributed by atoms with Crippen LogP contribution >= 0.6 is 22.9 Å². The van der Waals surface area contributed by atoms with Gasteiger partial charge < -0.3 is 19.7 Å². The molecule has 0 spiro atoms. The van der Waals surface area contributed by atoms with Gasteiger partial charge in [-0.15, -0.1) is 0 Å². The fraction of sp³-hybridized carbons (Fsp3) is 0.360. The van der Waals surface area contributed by atoms with Crippen molar-refractivity contribution in [3.05, 3.63) is 47.5 Å². The maximum Gasteiger partial charge on any atom is 0.413 e. The second-order valence-corrected chi connectivity index (χ2v) is 10.8. The van der Waals surface area contributed by atoms with Gasteiger partial charge >= 0.3 is 12.1 Å². The number of carbonyl (C=O) groups excluding carboxylic acids is 3. The molecule has 4 amide bonds. The first-order valence-corrected chi connectivity index (χ1v) is 12.9. The molecular weight excluding hydrogens is 518 g/mol. The van der Waals surface area contributed by atoms with Crippen LogP contribution in [0.1, 0.15) is 20.8 Å². The second-order valence-electron chi connectivity index (χ2n) is 9.32. The van der Waals surface area contributed by atoms with Crippen molar-refractivity contribution >= 4 is 67.7 Å². The van der Waals surface area contributed by atoms with E-state index in [1.165, 1.54) is 11.3 Å². The topological polar surface area (TPSA) is 113 Å². The van der Waals surface area contributed by atoms with Crippen LogP contribution in [0.4, 0.5) is 26.1 Å². The number of nitrogens with zero attached hydrogens (tertiary/aromatic N) is 3. The highest BCUT2D eigenvalue weighted by Crippen LogP contribution is 2.30. The molecule has 0 unspecified atom stereocenters. The number of carbonyl (C=O) groups is 3. The van der Waals surface area contributed by atoms with Crippen molar-refractivity contribution in [2.24, 2.45) is 0 Å². The van der Waals surface area contributed by atoms with E-state index in [0.717, 1.165) is 4.70 Å². The maximum atomic E-state index is 13.3.